The fourth-order valence-electron chi connectivity index (χ4n) is 2.74. The highest BCUT2D eigenvalue weighted by Gasteiger charge is 2.13. The van der Waals surface area contributed by atoms with E-state index in [2.05, 4.69) is 14.8 Å². The summed E-state index contributed by atoms with van der Waals surface area (Å²) in [7, 11) is 0. The zero-order valence-corrected chi connectivity index (χ0v) is 15.7. The SMILES string of the molecule is [C-]#[N+]c1c(Cc2ccccc2)nc(SCc2cccc(CC(=O)O)c2)[nH]c1=O. The van der Waals surface area contributed by atoms with Gasteiger partial charge in [-0.05, 0) is 16.7 Å². The standard InChI is InChI=1S/C21H17N3O3S/c1-22-19-17(11-14-6-3-2-4-7-14)23-21(24-20(19)27)28-13-16-9-5-8-15(10-16)12-18(25)26/h2-10H,11-13H2,(H,25,26)(H,23,24,27). The summed E-state index contributed by atoms with van der Waals surface area (Å²) in [6, 6.07) is 16.9. The minimum Gasteiger partial charge on any atom is -0.481 e. The number of thioether (sulfide) groups is 1. The molecule has 1 aromatic heterocycles. The number of carboxylic acids is 1. The number of aromatic amines is 1. The molecule has 0 bridgehead atoms. The van der Waals surface area contributed by atoms with E-state index in [9.17, 15) is 9.59 Å². The lowest BCUT2D eigenvalue weighted by atomic mass is 10.1. The third-order valence-corrected chi connectivity index (χ3v) is 4.94. The summed E-state index contributed by atoms with van der Waals surface area (Å²) < 4.78 is 0. The van der Waals surface area contributed by atoms with Gasteiger partial charge in [-0.3, -0.25) is 9.59 Å². The van der Waals surface area contributed by atoms with Crippen LogP contribution in [-0.4, -0.2) is 21.0 Å². The summed E-state index contributed by atoms with van der Waals surface area (Å²) in [5.74, 6) is -0.352. The van der Waals surface area contributed by atoms with Crippen LogP contribution in [0.15, 0.2) is 64.5 Å². The van der Waals surface area contributed by atoms with Gasteiger partial charge in [-0.1, -0.05) is 66.4 Å². The Morgan fingerprint density at radius 2 is 1.82 bits per heavy atom. The lowest BCUT2D eigenvalue weighted by molar-refractivity contribution is -0.136. The van der Waals surface area contributed by atoms with Gasteiger partial charge in [0, 0.05) is 12.2 Å². The predicted molar refractivity (Wildman–Crippen MR) is 108 cm³/mol. The first-order valence-corrected chi connectivity index (χ1v) is 9.50. The normalized spacial score (nSPS) is 10.4. The number of aliphatic carboxylic acids is 1. The Hall–Kier alpha value is -3.37. The number of aromatic nitrogens is 2. The molecule has 28 heavy (non-hydrogen) atoms. The molecule has 0 saturated heterocycles. The number of hydrogen-bond donors (Lipinski definition) is 2. The molecule has 1 heterocycles. The molecular weight excluding hydrogens is 374 g/mol. The molecule has 3 rings (SSSR count). The number of rotatable bonds is 7. The van der Waals surface area contributed by atoms with Crippen molar-refractivity contribution in [3.63, 3.8) is 0 Å². The molecule has 0 fully saturated rings. The zero-order valence-electron chi connectivity index (χ0n) is 14.9. The van der Waals surface area contributed by atoms with Crippen molar-refractivity contribution in [3.8, 4) is 0 Å². The highest BCUT2D eigenvalue weighted by Crippen LogP contribution is 2.23. The summed E-state index contributed by atoms with van der Waals surface area (Å²) >= 11 is 1.34. The van der Waals surface area contributed by atoms with Gasteiger partial charge in [0.2, 0.25) is 0 Å². The van der Waals surface area contributed by atoms with Crippen LogP contribution in [0.3, 0.4) is 0 Å². The van der Waals surface area contributed by atoms with Crippen LogP contribution in [0.2, 0.25) is 0 Å². The molecule has 0 unspecified atom stereocenters. The maximum absolute atomic E-state index is 12.3. The van der Waals surface area contributed by atoms with Crippen molar-refractivity contribution in [3.05, 3.63) is 98.8 Å². The number of carboxylic acid groups (broad SMARTS) is 1. The zero-order chi connectivity index (χ0) is 19.9. The molecule has 0 aliphatic heterocycles. The second-order valence-corrected chi connectivity index (χ2v) is 7.08. The summed E-state index contributed by atoms with van der Waals surface area (Å²) in [6.07, 6.45) is 0.374. The predicted octanol–water partition coefficient (Wildman–Crippen LogP) is 3.83. The van der Waals surface area contributed by atoms with E-state index in [-0.39, 0.29) is 12.1 Å². The summed E-state index contributed by atoms with van der Waals surface area (Å²) in [5, 5.41) is 9.36. The van der Waals surface area contributed by atoms with Crippen molar-refractivity contribution in [2.24, 2.45) is 0 Å². The van der Waals surface area contributed by atoms with Crippen molar-refractivity contribution in [1.82, 2.24) is 9.97 Å². The first-order chi connectivity index (χ1) is 13.5. The Labute approximate surface area is 166 Å². The molecule has 0 aliphatic carbocycles. The quantitative estimate of drug-likeness (QED) is 0.363. The Kier molecular flexibility index (Phi) is 6.25. The number of nitrogens with one attached hydrogen (secondary N) is 1. The van der Waals surface area contributed by atoms with E-state index in [1.807, 2.05) is 48.5 Å². The number of H-pyrrole nitrogens is 1. The number of carbonyl (C=O) groups is 1. The number of benzene rings is 2. The van der Waals surface area contributed by atoms with Crippen LogP contribution in [0.25, 0.3) is 4.85 Å². The molecule has 0 saturated carbocycles. The largest absolute Gasteiger partial charge is 0.481 e. The average Bonchev–Trinajstić information content (AvgIpc) is 2.67. The molecule has 0 amide bonds. The molecule has 140 valence electrons. The fraction of sp³-hybridized carbons (Fsp3) is 0.143. The average molecular weight is 391 g/mol. The Bertz CT molecular complexity index is 1090. The molecule has 7 heteroatoms. The van der Waals surface area contributed by atoms with Gasteiger partial charge in [0.15, 0.2) is 5.16 Å². The third-order valence-electron chi connectivity index (χ3n) is 3.99. The van der Waals surface area contributed by atoms with Crippen LogP contribution in [0.4, 0.5) is 5.69 Å². The second-order valence-electron chi connectivity index (χ2n) is 6.12. The van der Waals surface area contributed by atoms with E-state index in [1.165, 1.54) is 11.8 Å². The van der Waals surface area contributed by atoms with Gasteiger partial charge in [0.1, 0.15) is 0 Å². The Morgan fingerprint density at radius 1 is 1.11 bits per heavy atom. The van der Waals surface area contributed by atoms with E-state index in [1.54, 1.807) is 6.07 Å². The van der Waals surface area contributed by atoms with E-state index >= 15 is 0 Å². The fourth-order valence-corrected chi connectivity index (χ4v) is 3.57. The summed E-state index contributed by atoms with van der Waals surface area (Å²) in [6.45, 7) is 7.29. The van der Waals surface area contributed by atoms with E-state index in [0.717, 1.165) is 16.7 Å². The van der Waals surface area contributed by atoms with Crippen LogP contribution in [0, 0.1) is 6.57 Å². The highest BCUT2D eigenvalue weighted by atomic mass is 32.2. The van der Waals surface area contributed by atoms with Crippen LogP contribution >= 0.6 is 11.8 Å². The van der Waals surface area contributed by atoms with Gasteiger partial charge in [-0.2, -0.15) is 0 Å². The third kappa shape index (κ3) is 5.09. The van der Waals surface area contributed by atoms with Crippen molar-refractivity contribution in [2.75, 3.05) is 0 Å². The molecular formula is C21H17N3O3S. The topological polar surface area (TPSA) is 87.4 Å². The van der Waals surface area contributed by atoms with Crippen molar-refractivity contribution in [2.45, 2.75) is 23.8 Å². The van der Waals surface area contributed by atoms with E-state index in [4.69, 9.17) is 11.7 Å². The summed E-state index contributed by atoms with van der Waals surface area (Å²) in [5.41, 5.74) is 2.65. The molecule has 2 aromatic carbocycles. The smallest absolute Gasteiger partial charge is 0.307 e. The van der Waals surface area contributed by atoms with Crippen molar-refractivity contribution < 1.29 is 9.90 Å². The number of nitrogens with zero attached hydrogens (tertiary/aromatic N) is 2. The number of hydrogen-bond acceptors (Lipinski definition) is 4. The van der Waals surface area contributed by atoms with Crippen LogP contribution in [-0.2, 0) is 23.4 Å². The molecule has 3 aromatic rings. The lowest BCUT2D eigenvalue weighted by Gasteiger charge is -2.07. The maximum Gasteiger partial charge on any atom is 0.307 e. The van der Waals surface area contributed by atoms with Gasteiger partial charge < -0.3 is 10.1 Å². The lowest BCUT2D eigenvalue weighted by Crippen LogP contribution is -2.11. The van der Waals surface area contributed by atoms with Crippen LogP contribution < -0.4 is 5.56 Å². The first kappa shape index (κ1) is 19.4. The van der Waals surface area contributed by atoms with Gasteiger partial charge in [-0.15, -0.1) is 0 Å². The first-order valence-electron chi connectivity index (χ1n) is 8.52. The molecule has 0 radical (unpaired) electrons. The molecule has 0 aliphatic rings. The maximum atomic E-state index is 12.3. The monoisotopic (exact) mass is 391 g/mol. The molecule has 6 nitrogen and oxygen atoms in total. The molecule has 0 atom stereocenters. The summed E-state index contributed by atoms with van der Waals surface area (Å²) in [4.78, 5) is 33.6. The van der Waals surface area contributed by atoms with Crippen LogP contribution in [0.5, 0.6) is 0 Å². The van der Waals surface area contributed by atoms with Gasteiger partial charge in [0.25, 0.3) is 11.2 Å². The minimum atomic E-state index is -0.879. The van der Waals surface area contributed by atoms with Crippen LogP contribution in [0.1, 0.15) is 22.4 Å². The van der Waals surface area contributed by atoms with Gasteiger partial charge in [0.05, 0.1) is 18.7 Å². The highest BCUT2D eigenvalue weighted by molar-refractivity contribution is 7.98. The van der Waals surface area contributed by atoms with Gasteiger partial charge >= 0.3 is 5.97 Å². The molecule has 0 spiro atoms. The van der Waals surface area contributed by atoms with Crippen molar-refractivity contribution in [1.29, 1.82) is 0 Å². The van der Waals surface area contributed by atoms with Gasteiger partial charge in [-0.25, -0.2) is 9.83 Å². The Balaban J connectivity index is 1.80. The minimum absolute atomic E-state index is 0.0108. The van der Waals surface area contributed by atoms with E-state index < -0.39 is 11.5 Å². The molecule has 2 N–H and O–H groups in total. The van der Waals surface area contributed by atoms with E-state index in [0.29, 0.717) is 23.0 Å². The van der Waals surface area contributed by atoms with Crippen molar-refractivity contribution >= 4 is 23.4 Å². The Morgan fingerprint density at radius 3 is 2.54 bits per heavy atom. The second kappa shape index (κ2) is 9.02.